The number of ether oxygens (including phenoxy) is 1. The smallest absolute Gasteiger partial charge is 0.124 e. The largest absolute Gasteiger partial charge is 0.489 e. The van der Waals surface area contributed by atoms with Crippen molar-refractivity contribution in [1.82, 2.24) is 0 Å². The molecule has 0 heterocycles. The fraction of sp³-hybridized carbons (Fsp3) is 0.133. The first-order chi connectivity index (χ1) is 9.17. The fourth-order valence-corrected chi connectivity index (χ4v) is 3.07. The SMILES string of the molecule is O=CCc1ccc(OCc2cc(Br)cc(Br)c2)cc1. The first kappa shape index (κ1) is 14.3. The van der Waals surface area contributed by atoms with Crippen molar-refractivity contribution < 1.29 is 9.53 Å². The van der Waals surface area contributed by atoms with Crippen LogP contribution in [-0.4, -0.2) is 6.29 Å². The van der Waals surface area contributed by atoms with Gasteiger partial charge in [-0.25, -0.2) is 0 Å². The van der Waals surface area contributed by atoms with Gasteiger partial charge >= 0.3 is 0 Å². The van der Waals surface area contributed by atoms with Crippen LogP contribution < -0.4 is 4.74 Å². The van der Waals surface area contributed by atoms with Gasteiger partial charge in [-0.05, 0) is 41.5 Å². The third kappa shape index (κ3) is 4.48. The molecule has 19 heavy (non-hydrogen) atoms. The van der Waals surface area contributed by atoms with E-state index in [1.54, 1.807) is 0 Å². The van der Waals surface area contributed by atoms with Crippen LogP contribution in [0.3, 0.4) is 0 Å². The molecule has 2 aromatic carbocycles. The normalized spacial score (nSPS) is 10.2. The second kappa shape index (κ2) is 6.87. The maximum absolute atomic E-state index is 10.4. The van der Waals surface area contributed by atoms with Gasteiger partial charge in [0, 0.05) is 15.4 Å². The van der Waals surface area contributed by atoms with Crippen LogP contribution in [0, 0.1) is 0 Å². The summed E-state index contributed by atoms with van der Waals surface area (Å²) < 4.78 is 7.74. The molecule has 0 bridgehead atoms. The van der Waals surface area contributed by atoms with Gasteiger partial charge in [-0.15, -0.1) is 0 Å². The Kier molecular flexibility index (Phi) is 5.16. The molecule has 0 aliphatic rings. The first-order valence-electron chi connectivity index (χ1n) is 5.78. The predicted molar refractivity (Wildman–Crippen MR) is 82.4 cm³/mol. The molecule has 0 aromatic heterocycles. The molecule has 0 aliphatic heterocycles. The molecule has 2 nitrogen and oxygen atoms in total. The van der Waals surface area contributed by atoms with Crippen molar-refractivity contribution >= 4 is 38.1 Å². The standard InChI is InChI=1S/C15H12Br2O2/c16-13-7-12(8-14(17)9-13)10-19-15-3-1-11(2-4-15)5-6-18/h1-4,6-9H,5,10H2. The van der Waals surface area contributed by atoms with Crippen molar-refractivity contribution in [3.8, 4) is 5.75 Å². The second-order valence-corrected chi connectivity index (χ2v) is 5.91. The zero-order valence-corrected chi connectivity index (χ0v) is 13.3. The van der Waals surface area contributed by atoms with E-state index < -0.39 is 0 Å². The number of benzene rings is 2. The molecule has 0 aliphatic carbocycles. The summed E-state index contributed by atoms with van der Waals surface area (Å²) in [6, 6.07) is 13.6. The van der Waals surface area contributed by atoms with E-state index in [1.165, 1.54) is 0 Å². The zero-order chi connectivity index (χ0) is 13.7. The minimum Gasteiger partial charge on any atom is -0.489 e. The van der Waals surface area contributed by atoms with Crippen molar-refractivity contribution in [2.75, 3.05) is 0 Å². The van der Waals surface area contributed by atoms with E-state index in [4.69, 9.17) is 4.74 Å². The van der Waals surface area contributed by atoms with Gasteiger partial charge in [-0.1, -0.05) is 44.0 Å². The molecule has 4 heteroatoms. The van der Waals surface area contributed by atoms with E-state index in [0.717, 1.165) is 32.1 Å². The molecule has 2 aromatic rings. The predicted octanol–water partition coefficient (Wildman–Crippen LogP) is 4.53. The van der Waals surface area contributed by atoms with Gasteiger partial charge in [0.15, 0.2) is 0 Å². The van der Waals surface area contributed by atoms with Gasteiger partial charge in [-0.3, -0.25) is 0 Å². The molecule has 0 saturated carbocycles. The van der Waals surface area contributed by atoms with E-state index in [2.05, 4.69) is 31.9 Å². The van der Waals surface area contributed by atoms with E-state index in [-0.39, 0.29) is 0 Å². The summed E-state index contributed by atoms with van der Waals surface area (Å²) >= 11 is 6.89. The number of rotatable bonds is 5. The monoisotopic (exact) mass is 382 g/mol. The van der Waals surface area contributed by atoms with Crippen LogP contribution in [0.1, 0.15) is 11.1 Å². The Morgan fingerprint density at radius 3 is 2.16 bits per heavy atom. The van der Waals surface area contributed by atoms with Crippen LogP contribution in [0.5, 0.6) is 5.75 Å². The molecule has 0 amide bonds. The number of carbonyl (C=O) groups is 1. The average molecular weight is 384 g/mol. The summed E-state index contributed by atoms with van der Waals surface area (Å²) in [6.45, 7) is 0.505. The number of halogens is 2. The average Bonchev–Trinajstić information content (AvgIpc) is 2.37. The van der Waals surface area contributed by atoms with E-state index >= 15 is 0 Å². The van der Waals surface area contributed by atoms with E-state index in [0.29, 0.717) is 13.0 Å². The minimum atomic E-state index is 0.443. The molecule has 0 unspecified atom stereocenters. The van der Waals surface area contributed by atoms with Crippen LogP contribution >= 0.6 is 31.9 Å². The molecule has 98 valence electrons. The van der Waals surface area contributed by atoms with E-state index in [1.807, 2.05) is 42.5 Å². The van der Waals surface area contributed by atoms with Gasteiger partial charge in [0.2, 0.25) is 0 Å². The Hall–Kier alpha value is -1.13. The van der Waals surface area contributed by atoms with E-state index in [9.17, 15) is 4.79 Å². The van der Waals surface area contributed by atoms with Crippen LogP contribution in [-0.2, 0) is 17.8 Å². The van der Waals surface area contributed by atoms with Gasteiger partial charge in [-0.2, -0.15) is 0 Å². The maximum atomic E-state index is 10.4. The van der Waals surface area contributed by atoms with Crippen molar-refractivity contribution in [1.29, 1.82) is 0 Å². The number of hydrogen-bond acceptors (Lipinski definition) is 2. The molecule has 0 saturated heterocycles. The summed E-state index contributed by atoms with van der Waals surface area (Å²) in [4.78, 5) is 10.4. The fourth-order valence-electron chi connectivity index (χ4n) is 1.68. The lowest BCUT2D eigenvalue weighted by Gasteiger charge is -2.08. The summed E-state index contributed by atoms with van der Waals surface area (Å²) in [7, 11) is 0. The third-order valence-electron chi connectivity index (χ3n) is 2.57. The third-order valence-corrected chi connectivity index (χ3v) is 3.49. The zero-order valence-electron chi connectivity index (χ0n) is 10.1. The summed E-state index contributed by atoms with van der Waals surface area (Å²) in [5, 5.41) is 0. The van der Waals surface area contributed by atoms with Crippen LogP contribution in [0.25, 0.3) is 0 Å². The Morgan fingerprint density at radius 2 is 1.58 bits per heavy atom. The number of hydrogen-bond donors (Lipinski definition) is 0. The Labute approximate surface area is 129 Å². The maximum Gasteiger partial charge on any atom is 0.124 e. The van der Waals surface area contributed by atoms with Crippen LogP contribution in [0.4, 0.5) is 0 Å². The Balaban J connectivity index is 1.99. The van der Waals surface area contributed by atoms with Crippen LogP contribution in [0.15, 0.2) is 51.4 Å². The van der Waals surface area contributed by atoms with Gasteiger partial charge in [0.1, 0.15) is 18.6 Å². The molecule has 2 rings (SSSR count). The molecule has 0 atom stereocenters. The second-order valence-electron chi connectivity index (χ2n) is 4.08. The highest BCUT2D eigenvalue weighted by Gasteiger charge is 2.00. The van der Waals surface area contributed by atoms with Gasteiger partial charge in [0.25, 0.3) is 0 Å². The topological polar surface area (TPSA) is 26.3 Å². The highest BCUT2D eigenvalue weighted by atomic mass is 79.9. The van der Waals surface area contributed by atoms with Gasteiger partial charge in [0.05, 0.1) is 0 Å². The first-order valence-corrected chi connectivity index (χ1v) is 7.36. The quantitative estimate of drug-likeness (QED) is 0.709. The molecule has 0 N–H and O–H groups in total. The Bertz CT molecular complexity index is 545. The number of aldehydes is 1. The van der Waals surface area contributed by atoms with Crippen LogP contribution in [0.2, 0.25) is 0 Å². The van der Waals surface area contributed by atoms with Gasteiger partial charge < -0.3 is 9.53 Å². The number of carbonyl (C=O) groups excluding carboxylic acids is 1. The highest BCUT2D eigenvalue weighted by molar-refractivity contribution is 9.11. The summed E-state index contributed by atoms with van der Waals surface area (Å²) in [6.07, 6.45) is 1.34. The lowest BCUT2D eigenvalue weighted by atomic mass is 10.2. The highest BCUT2D eigenvalue weighted by Crippen LogP contribution is 2.21. The minimum absolute atomic E-state index is 0.443. The molecule has 0 radical (unpaired) electrons. The molecule has 0 fully saturated rings. The Morgan fingerprint density at radius 1 is 0.947 bits per heavy atom. The molecular formula is C15H12Br2O2. The molecular weight excluding hydrogens is 372 g/mol. The lowest BCUT2D eigenvalue weighted by molar-refractivity contribution is -0.107. The van der Waals surface area contributed by atoms with Crippen molar-refractivity contribution in [3.05, 3.63) is 62.5 Å². The lowest BCUT2D eigenvalue weighted by Crippen LogP contribution is -1.96. The molecule has 0 spiro atoms. The van der Waals surface area contributed by atoms with Crippen molar-refractivity contribution in [2.24, 2.45) is 0 Å². The van der Waals surface area contributed by atoms with Crippen molar-refractivity contribution in [2.45, 2.75) is 13.0 Å². The summed E-state index contributed by atoms with van der Waals surface area (Å²) in [5.74, 6) is 0.797. The summed E-state index contributed by atoms with van der Waals surface area (Å²) in [5.41, 5.74) is 2.07. The van der Waals surface area contributed by atoms with Crippen molar-refractivity contribution in [3.63, 3.8) is 0 Å².